The Balaban J connectivity index is 1.85. The molecule has 0 spiro atoms. The van der Waals surface area contributed by atoms with Crippen molar-refractivity contribution in [1.29, 1.82) is 0 Å². The first-order valence-corrected chi connectivity index (χ1v) is 7.71. The van der Waals surface area contributed by atoms with Gasteiger partial charge in [0.1, 0.15) is 0 Å². The van der Waals surface area contributed by atoms with Gasteiger partial charge >= 0.3 is 5.97 Å². The number of anilines is 1. The molecule has 24 heavy (non-hydrogen) atoms. The lowest BCUT2D eigenvalue weighted by Gasteiger charge is -2.08. The average Bonchev–Trinajstić information content (AvgIpc) is 2.97. The Morgan fingerprint density at radius 1 is 1.17 bits per heavy atom. The maximum absolute atomic E-state index is 11.8. The third kappa shape index (κ3) is 5.16. The van der Waals surface area contributed by atoms with E-state index in [0.29, 0.717) is 5.69 Å². The maximum atomic E-state index is 11.8. The summed E-state index contributed by atoms with van der Waals surface area (Å²) in [5.74, 6) is -0.670. The number of esters is 1. The van der Waals surface area contributed by atoms with Crippen molar-refractivity contribution in [1.82, 2.24) is 15.0 Å². The van der Waals surface area contributed by atoms with Crippen molar-refractivity contribution < 1.29 is 23.8 Å². The number of carbonyl (C=O) groups is 2. The Hall–Kier alpha value is -2.75. The molecule has 0 radical (unpaired) electrons. The predicted molar refractivity (Wildman–Crippen MR) is 85.3 cm³/mol. The van der Waals surface area contributed by atoms with Gasteiger partial charge < -0.3 is 14.2 Å². The number of methoxy groups -OCH3 is 2. The highest BCUT2D eigenvalue weighted by atomic mass is 32.1. The molecular weight excluding hydrogens is 336 g/mol. The van der Waals surface area contributed by atoms with Crippen LogP contribution in [0, 0.1) is 6.92 Å². The quantitative estimate of drug-likeness (QED) is 0.734. The first-order valence-electron chi connectivity index (χ1n) is 6.83. The van der Waals surface area contributed by atoms with Crippen molar-refractivity contribution in [2.75, 3.05) is 26.1 Å². The second kappa shape index (κ2) is 8.20. The minimum Gasteiger partial charge on any atom is -0.481 e. The van der Waals surface area contributed by atoms with E-state index in [-0.39, 0.29) is 24.1 Å². The van der Waals surface area contributed by atoms with Gasteiger partial charge in [0.05, 0.1) is 37.4 Å². The highest BCUT2D eigenvalue weighted by Gasteiger charge is 2.13. The van der Waals surface area contributed by atoms with Crippen LogP contribution in [-0.2, 0) is 20.7 Å². The largest absolute Gasteiger partial charge is 0.481 e. The van der Waals surface area contributed by atoms with Crippen LogP contribution in [0.15, 0.2) is 11.4 Å². The second-order valence-corrected chi connectivity index (χ2v) is 5.58. The molecule has 0 aliphatic rings. The Kier molecular flexibility index (Phi) is 6.01. The number of hydrogen-bond acceptors (Lipinski definition) is 9. The molecule has 0 atom stereocenters. The van der Waals surface area contributed by atoms with Crippen molar-refractivity contribution in [3.05, 3.63) is 22.1 Å². The van der Waals surface area contributed by atoms with Crippen LogP contribution in [0.1, 0.15) is 10.7 Å². The molecule has 2 aromatic rings. The number of carbonyl (C=O) groups excluding carboxylic acids is 2. The molecule has 0 bridgehead atoms. The molecule has 128 valence electrons. The smallest absolute Gasteiger partial charge is 0.312 e. The van der Waals surface area contributed by atoms with Crippen molar-refractivity contribution in [3.63, 3.8) is 0 Å². The minimum atomic E-state index is -0.576. The van der Waals surface area contributed by atoms with Crippen LogP contribution >= 0.6 is 11.3 Å². The third-order valence-electron chi connectivity index (χ3n) is 2.70. The first-order chi connectivity index (χ1) is 11.5. The third-order valence-corrected chi connectivity index (χ3v) is 3.53. The van der Waals surface area contributed by atoms with Gasteiger partial charge in [0, 0.05) is 5.38 Å². The van der Waals surface area contributed by atoms with Gasteiger partial charge in [-0.3, -0.25) is 14.9 Å². The van der Waals surface area contributed by atoms with Crippen molar-refractivity contribution in [2.24, 2.45) is 0 Å². The average molecular weight is 352 g/mol. The maximum Gasteiger partial charge on any atom is 0.312 e. The predicted octanol–water partition coefficient (Wildman–Crippen LogP) is 0.983. The standard InChI is InChI=1S/C14H16N4O5S/c1-8-15-9(7-24-8)4-13(20)23-6-10(19)16-14-17-11(21-2)5-12(18-14)22-3/h5,7H,4,6H2,1-3H3,(H,16,17,18,19). The molecule has 10 heteroatoms. The van der Waals surface area contributed by atoms with Gasteiger partial charge in [-0.25, -0.2) is 4.98 Å². The van der Waals surface area contributed by atoms with Crippen LogP contribution in [0.5, 0.6) is 11.8 Å². The number of hydrogen-bond donors (Lipinski definition) is 1. The number of amides is 1. The molecule has 0 saturated carbocycles. The number of nitrogens with zero attached hydrogens (tertiary/aromatic N) is 3. The molecule has 2 rings (SSSR count). The molecular formula is C14H16N4O5S. The number of rotatable bonds is 7. The monoisotopic (exact) mass is 352 g/mol. The summed E-state index contributed by atoms with van der Waals surface area (Å²) >= 11 is 1.44. The van der Waals surface area contributed by atoms with Gasteiger partial charge in [0.25, 0.3) is 5.91 Å². The van der Waals surface area contributed by atoms with E-state index < -0.39 is 18.5 Å². The molecule has 2 aromatic heterocycles. The van der Waals surface area contributed by atoms with Gasteiger partial charge in [-0.15, -0.1) is 11.3 Å². The lowest BCUT2D eigenvalue weighted by molar-refractivity contribution is -0.146. The fourth-order valence-corrected chi connectivity index (χ4v) is 2.28. The van der Waals surface area contributed by atoms with Crippen LogP contribution in [0.25, 0.3) is 0 Å². The zero-order chi connectivity index (χ0) is 17.5. The zero-order valence-electron chi connectivity index (χ0n) is 13.4. The van der Waals surface area contributed by atoms with Crippen LogP contribution in [0.2, 0.25) is 0 Å². The number of ether oxygens (including phenoxy) is 3. The van der Waals surface area contributed by atoms with Gasteiger partial charge in [-0.2, -0.15) is 9.97 Å². The summed E-state index contributed by atoms with van der Waals surface area (Å²) in [5.41, 5.74) is 0.615. The molecule has 0 aliphatic carbocycles. The van der Waals surface area contributed by atoms with E-state index in [2.05, 4.69) is 20.3 Å². The summed E-state index contributed by atoms with van der Waals surface area (Å²) in [6.45, 7) is 1.39. The lowest BCUT2D eigenvalue weighted by Crippen LogP contribution is -2.23. The van der Waals surface area contributed by atoms with E-state index in [1.54, 1.807) is 5.38 Å². The molecule has 1 N–H and O–H groups in total. The Bertz CT molecular complexity index is 711. The molecule has 0 aromatic carbocycles. The summed E-state index contributed by atoms with van der Waals surface area (Å²) < 4.78 is 14.8. The van der Waals surface area contributed by atoms with E-state index in [4.69, 9.17) is 14.2 Å². The summed E-state index contributed by atoms with van der Waals surface area (Å²) in [4.78, 5) is 35.5. The summed E-state index contributed by atoms with van der Waals surface area (Å²) in [6, 6.07) is 1.46. The van der Waals surface area contributed by atoms with Crippen LogP contribution in [-0.4, -0.2) is 47.7 Å². The summed E-state index contributed by atoms with van der Waals surface area (Å²) in [7, 11) is 2.85. The SMILES string of the molecule is COc1cc(OC)nc(NC(=O)COC(=O)Cc2csc(C)n2)n1. The van der Waals surface area contributed by atoms with Gasteiger partial charge in [0.15, 0.2) is 6.61 Å². The highest BCUT2D eigenvalue weighted by Crippen LogP contribution is 2.17. The molecule has 0 unspecified atom stereocenters. The van der Waals surface area contributed by atoms with E-state index in [0.717, 1.165) is 5.01 Å². The lowest BCUT2D eigenvalue weighted by atomic mass is 10.3. The normalized spacial score (nSPS) is 10.1. The van der Waals surface area contributed by atoms with Gasteiger partial charge in [0.2, 0.25) is 17.7 Å². The van der Waals surface area contributed by atoms with Crippen LogP contribution in [0.3, 0.4) is 0 Å². The fourth-order valence-electron chi connectivity index (χ4n) is 1.66. The highest BCUT2D eigenvalue weighted by molar-refractivity contribution is 7.09. The minimum absolute atomic E-state index is 0.0117. The summed E-state index contributed by atoms with van der Waals surface area (Å²) in [5, 5.41) is 5.03. The zero-order valence-corrected chi connectivity index (χ0v) is 14.2. The molecule has 0 aliphatic heterocycles. The Morgan fingerprint density at radius 3 is 2.38 bits per heavy atom. The number of nitrogens with one attached hydrogen (secondary N) is 1. The molecule has 9 nitrogen and oxygen atoms in total. The first kappa shape index (κ1) is 17.6. The number of aryl methyl sites for hydroxylation is 1. The fraction of sp³-hybridized carbons (Fsp3) is 0.357. The van der Waals surface area contributed by atoms with Crippen molar-refractivity contribution >= 4 is 29.2 Å². The van der Waals surface area contributed by atoms with Crippen LogP contribution in [0.4, 0.5) is 5.95 Å². The van der Waals surface area contributed by atoms with Crippen LogP contribution < -0.4 is 14.8 Å². The topological polar surface area (TPSA) is 113 Å². The van der Waals surface area contributed by atoms with Crippen molar-refractivity contribution in [3.8, 4) is 11.8 Å². The molecule has 1 amide bonds. The van der Waals surface area contributed by atoms with E-state index in [1.807, 2.05) is 6.92 Å². The number of aromatic nitrogens is 3. The van der Waals surface area contributed by atoms with Gasteiger partial charge in [-0.05, 0) is 6.92 Å². The van der Waals surface area contributed by atoms with Crippen molar-refractivity contribution in [2.45, 2.75) is 13.3 Å². The Morgan fingerprint density at radius 2 is 1.83 bits per heavy atom. The Labute approximate surface area is 142 Å². The van der Waals surface area contributed by atoms with E-state index in [1.165, 1.54) is 31.6 Å². The van der Waals surface area contributed by atoms with Gasteiger partial charge in [-0.1, -0.05) is 0 Å². The van der Waals surface area contributed by atoms with E-state index in [9.17, 15) is 9.59 Å². The molecule has 2 heterocycles. The number of thiazole rings is 1. The molecule has 0 fully saturated rings. The molecule has 0 saturated heterocycles. The summed E-state index contributed by atoms with van der Waals surface area (Å²) in [6.07, 6.45) is 0.0150. The second-order valence-electron chi connectivity index (χ2n) is 4.52. The van der Waals surface area contributed by atoms with E-state index >= 15 is 0 Å².